The van der Waals surface area contributed by atoms with Gasteiger partial charge in [-0.3, -0.25) is 0 Å². The summed E-state index contributed by atoms with van der Waals surface area (Å²) in [5.41, 5.74) is 2.80. The number of hydrogen-bond acceptors (Lipinski definition) is 2. The highest BCUT2D eigenvalue weighted by molar-refractivity contribution is 5.44. The summed E-state index contributed by atoms with van der Waals surface area (Å²) in [5, 5.41) is 0. The fraction of sp³-hybridized carbons (Fsp3) is 0.273. The molecule has 0 bridgehead atoms. The third-order valence-corrected chi connectivity index (χ3v) is 4.96. The minimum atomic E-state index is 0.0810. The van der Waals surface area contributed by atoms with E-state index >= 15 is 0 Å². The Labute approximate surface area is 144 Å². The van der Waals surface area contributed by atoms with Gasteiger partial charge in [-0.1, -0.05) is 56.7 Å². The molecule has 1 aliphatic rings. The molecular formula is C22H24O2. The lowest BCUT2D eigenvalue weighted by Crippen LogP contribution is -2.30. The molecule has 0 N–H and O–H groups in total. The molecule has 2 nitrogen and oxygen atoms in total. The molecule has 2 heteroatoms. The first kappa shape index (κ1) is 16.4. The zero-order valence-corrected chi connectivity index (χ0v) is 14.0. The molecule has 2 aromatic carbocycles. The molecule has 0 amide bonds. The summed E-state index contributed by atoms with van der Waals surface area (Å²) in [5.74, 6) is 1.66. The van der Waals surface area contributed by atoms with Crippen LogP contribution in [-0.2, 0) is 5.41 Å². The van der Waals surface area contributed by atoms with Gasteiger partial charge in [0.05, 0.1) is 12.5 Å². The van der Waals surface area contributed by atoms with Crippen molar-refractivity contribution in [3.05, 3.63) is 85.3 Å². The van der Waals surface area contributed by atoms with E-state index in [4.69, 9.17) is 9.47 Å². The standard InChI is InChI=1S/C22H24O2/c1-3-23-20-12-8-18(9-13-20)22(16-6-5-7-17-22)19-10-14-21(15-11-19)24-4-2/h3-4,8-15H,1-2,5-7,16-17H2. The monoisotopic (exact) mass is 320 g/mol. The van der Waals surface area contributed by atoms with Gasteiger partial charge in [0.1, 0.15) is 11.5 Å². The molecule has 0 saturated heterocycles. The summed E-state index contributed by atoms with van der Waals surface area (Å²) in [4.78, 5) is 0. The van der Waals surface area contributed by atoms with E-state index in [1.54, 1.807) is 0 Å². The SMILES string of the molecule is C=COc1ccc(C2(c3ccc(OC=C)cc3)CCCCC2)cc1. The second kappa shape index (κ2) is 7.39. The average molecular weight is 320 g/mol. The van der Waals surface area contributed by atoms with Gasteiger partial charge in [-0.05, 0) is 48.2 Å². The Hall–Kier alpha value is -2.48. The van der Waals surface area contributed by atoms with Crippen LogP contribution in [0.1, 0.15) is 43.2 Å². The van der Waals surface area contributed by atoms with E-state index in [0.717, 1.165) is 11.5 Å². The van der Waals surface area contributed by atoms with E-state index in [0.29, 0.717) is 0 Å². The first-order chi connectivity index (χ1) is 11.8. The highest BCUT2D eigenvalue weighted by atomic mass is 16.5. The van der Waals surface area contributed by atoms with E-state index in [9.17, 15) is 0 Å². The minimum absolute atomic E-state index is 0.0810. The van der Waals surface area contributed by atoms with E-state index in [1.165, 1.54) is 55.8 Å². The number of rotatable bonds is 6. The summed E-state index contributed by atoms with van der Waals surface area (Å²) in [6.07, 6.45) is 9.11. The lowest BCUT2D eigenvalue weighted by atomic mass is 9.65. The molecule has 0 spiro atoms. The highest BCUT2D eigenvalue weighted by Crippen LogP contribution is 2.45. The topological polar surface area (TPSA) is 18.5 Å². The van der Waals surface area contributed by atoms with Gasteiger partial charge in [-0.25, -0.2) is 0 Å². The van der Waals surface area contributed by atoms with E-state index < -0.39 is 0 Å². The van der Waals surface area contributed by atoms with Crippen molar-refractivity contribution in [2.75, 3.05) is 0 Å². The number of ether oxygens (including phenoxy) is 2. The predicted molar refractivity (Wildman–Crippen MR) is 98.4 cm³/mol. The zero-order valence-electron chi connectivity index (χ0n) is 14.0. The van der Waals surface area contributed by atoms with E-state index in [1.807, 2.05) is 24.3 Å². The molecule has 124 valence electrons. The van der Waals surface area contributed by atoms with Crippen molar-refractivity contribution in [2.45, 2.75) is 37.5 Å². The van der Waals surface area contributed by atoms with Crippen molar-refractivity contribution in [3.63, 3.8) is 0 Å². The molecule has 0 radical (unpaired) electrons. The van der Waals surface area contributed by atoms with Crippen LogP contribution in [0.15, 0.2) is 74.2 Å². The van der Waals surface area contributed by atoms with Crippen molar-refractivity contribution >= 4 is 0 Å². The number of hydrogen-bond donors (Lipinski definition) is 0. The van der Waals surface area contributed by atoms with Gasteiger partial charge >= 0.3 is 0 Å². The normalized spacial score (nSPS) is 16.2. The molecular weight excluding hydrogens is 296 g/mol. The first-order valence-corrected chi connectivity index (χ1v) is 8.55. The van der Waals surface area contributed by atoms with Crippen LogP contribution in [0.4, 0.5) is 0 Å². The molecule has 0 aliphatic heterocycles. The molecule has 0 unspecified atom stereocenters. The maximum atomic E-state index is 5.37. The Bertz CT molecular complexity index is 621. The molecule has 24 heavy (non-hydrogen) atoms. The molecule has 1 fully saturated rings. The maximum Gasteiger partial charge on any atom is 0.126 e. The van der Waals surface area contributed by atoms with Crippen LogP contribution in [0.3, 0.4) is 0 Å². The maximum absolute atomic E-state index is 5.37. The van der Waals surface area contributed by atoms with Gasteiger partial charge in [0.15, 0.2) is 0 Å². The van der Waals surface area contributed by atoms with Gasteiger partial charge in [0, 0.05) is 5.41 Å². The van der Waals surface area contributed by atoms with Crippen molar-refractivity contribution in [3.8, 4) is 11.5 Å². The third-order valence-electron chi connectivity index (χ3n) is 4.96. The Morgan fingerprint density at radius 3 is 1.46 bits per heavy atom. The van der Waals surface area contributed by atoms with E-state index in [2.05, 4.69) is 37.4 Å². The average Bonchev–Trinajstić information content (AvgIpc) is 2.64. The van der Waals surface area contributed by atoms with Crippen LogP contribution in [0.25, 0.3) is 0 Å². The van der Waals surface area contributed by atoms with Gasteiger partial charge in [0.2, 0.25) is 0 Å². The summed E-state index contributed by atoms with van der Waals surface area (Å²) >= 11 is 0. The van der Waals surface area contributed by atoms with Crippen LogP contribution >= 0.6 is 0 Å². The van der Waals surface area contributed by atoms with E-state index in [-0.39, 0.29) is 5.41 Å². The molecule has 2 aromatic rings. The highest BCUT2D eigenvalue weighted by Gasteiger charge is 2.35. The van der Waals surface area contributed by atoms with Crippen LogP contribution in [-0.4, -0.2) is 0 Å². The fourth-order valence-electron chi connectivity index (χ4n) is 3.80. The van der Waals surface area contributed by atoms with Crippen molar-refractivity contribution in [1.29, 1.82) is 0 Å². The zero-order chi connectivity index (χ0) is 16.8. The fourth-order valence-corrected chi connectivity index (χ4v) is 3.80. The second-order valence-electron chi connectivity index (χ2n) is 6.26. The van der Waals surface area contributed by atoms with Gasteiger partial charge in [0.25, 0.3) is 0 Å². The lowest BCUT2D eigenvalue weighted by Gasteiger charge is -2.38. The summed E-state index contributed by atoms with van der Waals surface area (Å²) < 4.78 is 10.7. The minimum Gasteiger partial charge on any atom is -0.466 e. The van der Waals surface area contributed by atoms with Crippen molar-refractivity contribution in [2.24, 2.45) is 0 Å². The molecule has 3 rings (SSSR count). The molecule has 1 saturated carbocycles. The third kappa shape index (κ3) is 3.23. The van der Waals surface area contributed by atoms with Crippen LogP contribution in [0, 0.1) is 0 Å². The van der Waals surface area contributed by atoms with Crippen LogP contribution in [0.5, 0.6) is 11.5 Å². The second-order valence-corrected chi connectivity index (χ2v) is 6.26. The summed E-state index contributed by atoms with van der Waals surface area (Å²) in [6.45, 7) is 7.22. The molecule has 0 atom stereocenters. The van der Waals surface area contributed by atoms with Crippen molar-refractivity contribution in [1.82, 2.24) is 0 Å². The van der Waals surface area contributed by atoms with Crippen LogP contribution < -0.4 is 9.47 Å². The van der Waals surface area contributed by atoms with Gasteiger partial charge in [-0.15, -0.1) is 0 Å². The Kier molecular flexibility index (Phi) is 5.05. The largest absolute Gasteiger partial charge is 0.466 e. The lowest BCUT2D eigenvalue weighted by molar-refractivity contribution is 0.345. The smallest absolute Gasteiger partial charge is 0.126 e. The quantitative estimate of drug-likeness (QED) is 0.609. The molecule has 0 heterocycles. The van der Waals surface area contributed by atoms with Gasteiger partial charge in [-0.2, -0.15) is 0 Å². The Morgan fingerprint density at radius 2 is 1.08 bits per heavy atom. The van der Waals surface area contributed by atoms with Crippen LogP contribution in [0.2, 0.25) is 0 Å². The summed E-state index contributed by atoms with van der Waals surface area (Å²) in [7, 11) is 0. The Balaban J connectivity index is 1.97. The van der Waals surface area contributed by atoms with Gasteiger partial charge < -0.3 is 9.47 Å². The molecule has 1 aliphatic carbocycles. The van der Waals surface area contributed by atoms with Crippen molar-refractivity contribution < 1.29 is 9.47 Å². The Morgan fingerprint density at radius 1 is 0.667 bits per heavy atom. The number of benzene rings is 2. The predicted octanol–water partition coefficient (Wildman–Crippen LogP) is 5.98. The molecule has 0 aromatic heterocycles. The summed E-state index contributed by atoms with van der Waals surface area (Å²) in [6, 6.07) is 16.9. The first-order valence-electron chi connectivity index (χ1n) is 8.55.